The number of aliphatic hydroxyl groups excluding tert-OH is 1. The van der Waals surface area contributed by atoms with Gasteiger partial charge < -0.3 is 15.2 Å². The molecule has 4 rings (SSSR count). The van der Waals surface area contributed by atoms with Crippen molar-refractivity contribution in [3.05, 3.63) is 77.0 Å². The summed E-state index contributed by atoms with van der Waals surface area (Å²) in [6.45, 7) is 3.45. The molecule has 1 aliphatic heterocycles. The number of cyclic esters (lactones) is 1. The van der Waals surface area contributed by atoms with Gasteiger partial charge in [-0.1, -0.05) is 30.3 Å². The molecule has 0 spiro atoms. The lowest BCUT2D eigenvalue weighted by Crippen LogP contribution is -2.30. The standard InChI is InChI=1S/C24H24N6O4/c1-24(2)19-10-16(8-9-17(19)22(33)34-24)28-23-27-12-18(21(32)30-25)20(29-23)26-11-15(13-31)14-6-4-3-5-7-14/h3-12,15,31H,13,25H2,1-2H3,(H,30,32)(H,27,28,29). The van der Waals surface area contributed by atoms with Gasteiger partial charge in [0.05, 0.1) is 12.2 Å². The molecule has 0 aliphatic carbocycles. The van der Waals surface area contributed by atoms with Gasteiger partial charge in [0.25, 0.3) is 5.91 Å². The number of nitrogen functional groups attached to an aromatic ring is 1. The number of anilines is 2. The van der Waals surface area contributed by atoms with Gasteiger partial charge in [0, 0.05) is 29.6 Å². The molecule has 3 aromatic rings. The topological polar surface area (TPSA) is 152 Å². The number of carbonyl (C=O) groups is 2. The number of ether oxygens (including phenoxy) is 1. The zero-order valence-corrected chi connectivity index (χ0v) is 18.6. The predicted molar refractivity (Wildman–Crippen MR) is 126 cm³/mol. The molecule has 1 unspecified atom stereocenters. The molecule has 1 atom stereocenters. The molecule has 34 heavy (non-hydrogen) atoms. The summed E-state index contributed by atoms with van der Waals surface area (Å²) in [5, 5.41) is 12.9. The Balaban J connectivity index is 1.65. The highest BCUT2D eigenvalue weighted by Gasteiger charge is 2.37. The normalized spacial score (nSPS) is 15.0. The van der Waals surface area contributed by atoms with Crippen LogP contribution in [0.5, 0.6) is 0 Å². The smallest absolute Gasteiger partial charge is 0.339 e. The van der Waals surface area contributed by atoms with E-state index < -0.39 is 17.4 Å². The Morgan fingerprint density at radius 3 is 2.74 bits per heavy atom. The van der Waals surface area contributed by atoms with E-state index in [2.05, 4.69) is 25.7 Å². The number of aromatic nitrogens is 2. The van der Waals surface area contributed by atoms with E-state index in [0.717, 1.165) is 11.1 Å². The number of nitrogens with two attached hydrogens (primary N) is 1. The largest absolute Gasteiger partial charge is 0.451 e. The Morgan fingerprint density at radius 2 is 2.03 bits per heavy atom. The van der Waals surface area contributed by atoms with Crippen molar-refractivity contribution in [3.63, 3.8) is 0 Å². The fourth-order valence-electron chi connectivity index (χ4n) is 3.64. The number of fused-ring (bicyclic) bond motifs is 1. The third kappa shape index (κ3) is 4.63. The number of hydrogen-bond donors (Lipinski definition) is 4. The number of amides is 1. The molecule has 0 radical (unpaired) electrons. The van der Waals surface area contributed by atoms with Crippen LogP contribution in [0.2, 0.25) is 0 Å². The third-order valence-electron chi connectivity index (χ3n) is 5.44. The molecule has 1 aromatic heterocycles. The maximum absolute atomic E-state index is 12.2. The van der Waals surface area contributed by atoms with Crippen molar-refractivity contribution in [3.8, 4) is 0 Å². The molecule has 5 N–H and O–H groups in total. The lowest BCUT2D eigenvalue weighted by atomic mass is 9.95. The van der Waals surface area contributed by atoms with E-state index in [4.69, 9.17) is 10.6 Å². The molecule has 10 nitrogen and oxygen atoms in total. The molecule has 0 fully saturated rings. The average Bonchev–Trinajstić information content (AvgIpc) is 3.07. The second kappa shape index (κ2) is 9.38. The van der Waals surface area contributed by atoms with Crippen molar-refractivity contribution >= 4 is 35.5 Å². The van der Waals surface area contributed by atoms with E-state index in [1.165, 1.54) is 12.4 Å². The summed E-state index contributed by atoms with van der Waals surface area (Å²) in [6, 6.07) is 14.5. The Kier molecular flexibility index (Phi) is 6.35. The first-order valence-electron chi connectivity index (χ1n) is 10.5. The summed E-state index contributed by atoms with van der Waals surface area (Å²) in [4.78, 5) is 37.2. The Morgan fingerprint density at radius 1 is 1.26 bits per heavy atom. The van der Waals surface area contributed by atoms with Crippen LogP contribution in [0.15, 0.2) is 59.7 Å². The molecule has 10 heteroatoms. The minimum absolute atomic E-state index is 0.0723. The predicted octanol–water partition coefficient (Wildman–Crippen LogP) is 2.71. The monoisotopic (exact) mass is 460 g/mol. The zero-order chi connectivity index (χ0) is 24.3. The molecule has 0 bridgehead atoms. The highest BCUT2D eigenvalue weighted by atomic mass is 16.6. The summed E-state index contributed by atoms with van der Waals surface area (Å²) in [6.07, 6.45) is 2.83. The van der Waals surface area contributed by atoms with E-state index in [1.807, 2.05) is 44.2 Å². The molecule has 174 valence electrons. The first kappa shape index (κ1) is 23.0. The molecule has 0 saturated carbocycles. The van der Waals surface area contributed by atoms with Gasteiger partial charge in [-0.2, -0.15) is 4.98 Å². The molecular formula is C24H24N6O4. The lowest BCUT2D eigenvalue weighted by molar-refractivity contribution is 0.00953. The van der Waals surface area contributed by atoms with Crippen molar-refractivity contribution in [2.45, 2.75) is 25.4 Å². The number of rotatable bonds is 7. The minimum atomic E-state index is -0.750. The fourth-order valence-corrected chi connectivity index (χ4v) is 3.64. The van der Waals surface area contributed by atoms with Crippen LogP contribution in [0.1, 0.15) is 51.6 Å². The summed E-state index contributed by atoms with van der Waals surface area (Å²) in [5.41, 5.74) is 4.13. The molecule has 2 heterocycles. The van der Waals surface area contributed by atoms with Crippen LogP contribution >= 0.6 is 0 Å². The average molecular weight is 460 g/mol. The maximum Gasteiger partial charge on any atom is 0.339 e. The van der Waals surface area contributed by atoms with Crippen molar-refractivity contribution in [2.75, 3.05) is 11.9 Å². The van der Waals surface area contributed by atoms with E-state index in [0.29, 0.717) is 11.3 Å². The van der Waals surface area contributed by atoms with Gasteiger partial charge in [-0.05, 0) is 37.6 Å². The second-order valence-corrected chi connectivity index (χ2v) is 8.17. The second-order valence-electron chi connectivity index (χ2n) is 8.17. The number of aliphatic imine (C=N–C) groups is 1. The molecular weight excluding hydrogens is 436 g/mol. The highest BCUT2D eigenvalue weighted by molar-refractivity contribution is 5.98. The molecule has 0 saturated heterocycles. The van der Waals surface area contributed by atoms with Gasteiger partial charge in [0.2, 0.25) is 5.95 Å². The number of nitrogens with one attached hydrogen (secondary N) is 2. The summed E-state index contributed by atoms with van der Waals surface area (Å²) in [7, 11) is 0. The maximum atomic E-state index is 12.2. The fraction of sp³-hybridized carbons (Fsp3) is 0.208. The number of aliphatic hydroxyl groups is 1. The SMILES string of the molecule is CC1(C)OC(=O)c2ccc(Nc3ncc(C(=O)NN)c(N=CC(CO)c4ccccc4)n3)cc21. The van der Waals surface area contributed by atoms with E-state index >= 15 is 0 Å². The molecule has 2 aromatic carbocycles. The van der Waals surface area contributed by atoms with Crippen LogP contribution in [0.25, 0.3) is 0 Å². The number of esters is 1. The number of hydrazine groups is 1. The van der Waals surface area contributed by atoms with Gasteiger partial charge in [-0.15, -0.1) is 0 Å². The van der Waals surface area contributed by atoms with Gasteiger partial charge in [-0.3, -0.25) is 10.2 Å². The van der Waals surface area contributed by atoms with Crippen molar-refractivity contribution < 1.29 is 19.4 Å². The minimum Gasteiger partial charge on any atom is -0.451 e. The Labute approximate surface area is 195 Å². The van der Waals surface area contributed by atoms with Crippen LogP contribution in [0.4, 0.5) is 17.5 Å². The third-order valence-corrected chi connectivity index (χ3v) is 5.44. The summed E-state index contributed by atoms with van der Waals surface area (Å²) in [5.74, 6) is 4.20. The first-order chi connectivity index (χ1) is 16.3. The number of benzene rings is 2. The Bertz CT molecular complexity index is 1260. The Hall–Kier alpha value is -4.15. The number of hydrogen-bond acceptors (Lipinski definition) is 9. The van der Waals surface area contributed by atoms with Crippen LogP contribution in [-0.2, 0) is 10.3 Å². The van der Waals surface area contributed by atoms with Gasteiger partial charge in [-0.25, -0.2) is 20.6 Å². The van der Waals surface area contributed by atoms with Crippen LogP contribution in [-0.4, -0.2) is 39.8 Å². The van der Waals surface area contributed by atoms with Crippen molar-refractivity contribution in [1.82, 2.24) is 15.4 Å². The van der Waals surface area contributed by atoms with Crippen molar-refractivity contribution in [2.24, 2.45) is 10.8 Å². The highest BCUT2D eigenvalue weighted by Crippen LogP contribution is 2.37. The van der Waals surface area contributed by atoms with Crippen molar-refractivity contribution in [1.29, 1.82) is 0 Å². The molecule has 1 amide bonds. The lowest BCUT2D eigenvalue weighted by Gasteiger charge is -2.18. The first-order valence-corrected chi connectivity index (χ1v) is 10.5. The zero-order valence-electron chi connectivity index (χ0n) is 18.6. The van der Waals surface area contributed by atoms with E-state index in [1.54, 1.807) is 18.2 Å². The van der Waals surface area contributed by atoms with E-state index in [-0.39, 0.29) is 29.9 Å². The van der Waals surface area contributed by atoms with Gasteiger partial charge >= 0.3 is 5.97 Å². The van der Waals surface area contributed by atoms with Crippen LogP contribution in [0.3, 0.4) is 0 Å². The number of nitrogens with zero attached hydrogens (tertiary/aromatic N) is 3. The molecule has 1 aliphatic rings. The van der Waals surface area contributed by atoms with E-state index in [9.17, 15) is 14.7 Å². The summed E-state index contributed by atoms with van der Waals surface area (Å²) >= 11 is 0. The van der Waals surface area contributed by atoms with Gasteiger partial charge in [0.1, 0.15) is 11.2 Å². The summed E-state index contributed by atoms with van der Waals surface area (Å²) < 4.78 is 5.41. The van der Waals surface area contributed by atoms with Crippen LogP contribution in [0, 0.1) is 0 Å². The number of carbonyl (C=O) groups excluding carboxylic acids is 2. The quantitative estimate of drug-likeness (QED) is 0.138. The van der Waals surface area contributed by atoms with Crippen LogP contribution < -0.4 is 16.6 Å². The van der Waals surface area contributed by atoms with Gasteiger partial charge in [0.15, 0.2) is 5.82 Å².